The van der Waals surface area contributed by atoms with Gasteiger partial charge in [-0.3, -0.25) is 10.1 Å². The molecule has 2 aromatic heterocycles. The van der Waals surface area contributed by atoms with Gasteiger partial charge in [-0.25, -0.2) is 9.18 Å². The van der Waals surface area contributed by atoms with Crippen LogP contribution < -0.4 is 0 Å². The SMILES string of the molecule is CCOC(=O)c1c(C(F)C(F)(F)C(F)(F)Cl)c(-c2ccc([N+](=O)[O-])cc2)n2ccccc12. The summed E-state index contributed by atoms with van der Waals surface area (Å²) in [6.07, 6.45) is -2.43. The van der Waals surface area contributed by atoms with E-state index in [4.69, 9.17) is 4.74 Å². The second-order valence-electron chi connectivity index (χ2n) is 6.60. The van der Waals surface area contributed by atoms with Gasteiger partial charge in [0.05, 0.1) is 28.3 Å². The van der Waals surface area contributed by atoms with Crippen LogP contribution in [0.4, 0.5) is 27.6 Å². The van der Waals surface area contributed by atoms with E-state index in [0.717, 1.165) is 28.7 Å². The second-order valence-corrected chi connectivity index (χ2v) is 7.08. The number of rotatable bonds is 7. The molecule has 1 atom stereocenters. The zero-order chi connectivity index (χ0) is 23.8. The zero-order valence-corrected chi connectivity index (χ0v) is 17.0. The third kappa shape index (κ3) is 3.88. The molecule has 0 N–H and O–H groups in total. The van der Waals surface area contributed by atoms with Crippen molar-refractivity contribution in [2.24, 2.45) is 0 Å². The number of carbonyl (C=O) groups is 1. The number of aromatic nitrogens is 1. The lowest BCUT2D eigenvalue weighted by Gasteiger charge is -2.25. The van der Waals surface area contributed by atoms with Gasteiger partial charge in [0.25, 0.3) is 5.69 Å². The van der Waals surface area contributed by atoms with Gasteiger partial charge < -0.3 is 9.14 Å². The number of ether oxygens (including phenoxy) is 1. The van der Waals surface area contributed by atoms with Crippen LogP contribution in [0.15, 0.2) is 48.7 Å². The van der Waals surface area contributed by atoms with Crippen molar-refractivity contribution in [2.45, 2.75) is 24.4 Å². The average Bonchev–Trinajstić information content (AvgIpc) is 3.07. The van der Waals surface area contributed by atoms with Crippen LogP contribution in [0.3, 0.4) is 0 Å². The minimum absolute atomic E-state index is 0.0429. The van der Waals surface area contributed by atoms with Crippen molar-refractivity contribution in [2.75, 3.05) is 6.61 Å². The van der Waals surface area contributed by atoms with Crippen LogP contribution in [0.25, 0.3) is 16.8 Å². The van der Waals surface area contributed by atoms with Crippen molar-refractivity contribution < 1.29 is 36.4 Å². The van der Waals surface area contributed by atoms with E-state index in [9.17, 15) is 32.5 Å². The molecule has 0 aliphatic heterocycles. The summed E-state index contributed by atoms with van der Waals surface area (Å²) in [5.41, 5.74) is -2.63. The van der Waals surface area contributed by atoms with E-state index in [1.54, 1.807) is 0 Å². The van der Waals surface area contributed by atoms with Gasteiger partial charge in [-0.1, -0.05) is 6.07 Å². The standard InChI is InChI=1S/C20H14ClF5N2O4/c1-2-32-18(29)14-13-5-3-4-10-27(13)16(11-6-8-12(9-7-11)28(30)31)15(14)17(22)19(23,24)20(21,25)26/h3-10,17H,2H2,1H3. The fourth-order valence-corrected chi connectivity index (χ4v) is 3.35. The number of nitro groups is 1. The number of pyridine rings is 1. The van der Waals surface area contributed by atoms with Gasteiger partial charge in [0.1, 0.15) is 0 Å². The Bertz CT molecular complexity index is 1180. The fraction of sp³-hybridized carbons (Fsp3) is 0.250. The number of hydrogen-bond donors (Lipinski definition) is 0. The summed E-state index contributed by atoms with van der Waals surface area (Å²) in [5.74, 6) is -6.62. The molecule has 0 amide bonds. The van der Waals surface area contributed by atoms with Gasteiger partial charge in [0.2, 0.25) is 0 Å². The van der Waals surface area contributed by atoms with E-state index in [2.05, 4.69) is 11.6 Å². The van der Waals surface area contributed by atoms with Crippen LogP contribution in [0, 0.1) is 10.1 Å². The maximum Gasteiger partial charge on any atom is 0.387 e. The molecule has 0 aliphatic carbocycles. The first kappa shape index (κ1) is 23.5. The Labute approximate surface area is 182 Å². The Morgan fingerprint density at radius 2 is 1.81 bits per heavy atom. The lowest BCUT2D eigenvalue weighted by molar-refractivity contribution is -0.384. The molecule has 0 bridgehead atoms. The summed E-state index contributed by atoms with van der Waals surface area (Å²) in [4.78, 5) is 22.8. The van der Waals surface area contributed by atoms with Gasteiger partial charge in [-0.2, -0.15) is 17.6 Å². The largest absolute Gasteiger partial charge is 0.462 e. The molecule has 3 aromatic rings. The average molecular weight is 477 g/mol. The Balaban J connectivity index is 2.41. The molecule has 0 aliphatic rings. The normalized spacial score (nSPS) is 13.2. The first-order chi connectivity index (χ1) is 14.9. The van der Waals surface area contributed by atoms with Crippen molar-refractivity contribution in [3.8, 4) is 11.3 Å². The number of nitro benzene ring substituents is 1. The number of nitrogens with zero attached hydrogens (tertiary/aromatic N) is 2. The lowest BCUT2D eigenvalue weighted by Crippen LogP contribution is -2.40. The number of carbonyl (C=O) groups excluding carboxylic acids is 1. The van der Waals surface area contributed by atoms with Crippen molar-refractivity contribution >= 4 is 28.8 Å². The Hall–Kier alpha value is -3.21. The molecule has 6 nitrogen and oxygen atoms in total. The van der Waals surface area contributed by atoms with Gasteiger partial charge in [-0.15, -0.1) is 0 Å². The van der Waals surface area contributed by atoms with Gasteiger partial charge in [-0.05, 0) is 48.4 Å². The number of esters is 1. The molecule has 170 valence electrons. The van der Waals surface area contributed by atoms with Gasteiger partial charge in [0, 0.05) is 23.9 Å². The second kappa shape index (κ2) is 8.38. The highest BCUT2D eigenvalue weighted by Crippen LogP contribution is 2.51. The fourth-order valence-electron chi connectivity index (χ4n) is 3.25. The molecule has 0 fully saturated rings. The number of fused-ring (bicyclic) bond motifs is 1. The number of alkyl halides is 6. The highest BCUT2D eigenvalue weighted by atomic mass is 35.5. The van der Waals surface area contributed by atoms with Gasteiger partial charge in [0.15, 0.2) is 6.17 Å². The third-order valence-electron chi connectivity index (χ3n) is 4.66. The molecule has 3 rings (SSSR count). The van der Waals surface area contributed by atoms with Gasteiger partial charge >= 0.3 is 17.3 Å². The molecule has 0 saturated heterocycles. The zero-order valence-electron chi connectivity index (χ0n) is 16.2. The molecule has 2 heterocycles. The Kier molecular flexibility index (Phi) is 6.14. The van der Waals surface area contributed by atoms with E-state index >= 15 is 4.39 Å². The number of halogens is 6. The highest BCUT2D eigenvalue weighted by Gasteiger charge is 2.63. The monoisotopic (exact) mass is 476 g/mol. The summed E-state index contributed by atoms with van der Waals surface area (Å²) in [7, 11) is 0. The molecule has 32 heavy (non-hydrogen) atoms. The molecular formula is C20H14ClF5N2O4. The molecule has 0 radical (unpaired) electrons. The summed E-state index contributed by atoms with van der Waals surface area (Å²) >= 11 is 4.49. The predicted octanol–water partition coefficient (Wildman–Crippen LogP) is 6.17. The van der Waals surface area contributed by atoms with E-state index in [1.807, 2.05) is 0 Å². The third-order valence-corrected chi connectivity index (χ3v) is 4.91. The van der Waals surface area contributed by atoms with E-state index in [1.165, 1.54) is 31.3 Å². The van der Waals surface area contributed by atoms with Crippen molar-refractivity contribution in [3.05, 3.63) is 69.9 Å². The van der Waals surface area contributed by atoms with Crippen LogP contribution in [-0.4, -0.2) is 33.2 Å². The maximum absolute atomic E-state index is 15.2. The van der Waals surface area contributed by atoms with Crippen LogP contribution >= 0.6 is 11.6 Å². The summed E-state index contributed by atoms with van der Waals surface area (Å²) in [6.45, 7) is 1.22. The van der Waals surface area contributed by atoms with E-state index < -0.39 is 39.5 Å². The molecule has 0 saturated carbocycles. The first-order valence-electron chi connectivity index (χ1n) is 9.05. The number of benzene rings is 1. The molecule has 0 spiro atoms. The Morgan fingerprint density at radius 1 is 1.19 bits per heavy atom. The number of non-ortho nitro benzene ring substituents is 1. The van der Waals surface area contributed by atoms with Crippen LogP contribution in [0.2, 0.25) is 0 Å². The van der Waals surface area contributed by atoms with E-state index in [0.29, 0.717) is 0 Å². The maximum atomic E-state index is 15.2. The van der Waals surface area contributed by atoms with Crippen molar-refractivity contribution in [1.82, 2.24) is 4.40 Å². The lowest BCUT2D eigenvalue weighted by atomic mass is 9.96. The molecular weight excluding hydrogens is 463 g/mol. The highest BCUT2D eigenvalue weighted by molar-refractivity contribution is 6.22. The smallest absolute Gasteiger partial charge is 0.387 e. The minimum Gasteiger partial charge on any atom is -0.462 e. The first-order valence-corrected chi connectivity index (χ1v) is 9.43. The topological polar surface area (TPSA) is 73.8 Å². The Morgan fingerprint density at radius 3 is 2.34 bits per heavy atom. The van der Waals surface area contributed by atoms with Crippen LogP contribution in [0.5, 0.6) is 0 Å². The van der Waals surface area contributed by atoms with E-state index in [-0.39, 0.29) is 29.1 Å². The quantitative estimate of drug-likeness (QED) is 0.134. The van der Waals surface area contributed by atoms with Crippen LogP contribution in [0.1, 0.15) is 29.0 Å². The summed E-state index contributed by atoms with van der Waals surface area (Å²) in [6, 6.07) is 8.42. The number of hydrogen-bond acceptors (Lipinski definition) is 4. The van der Waals surface area contributed by atoms with Crippen molar-refractivity contribution in [3.63, 3.8) is 0 Å². The summed E-state index contributed by atoms with van der Waals surface area (Å²) in [5, 5.41) is 5.65. The summed E-state index contributed by atoms with van der Waals surface area (Å²) < 4.78 is 76.7. The minimum atomic E-state index is -5.41. The molecule has 12 heteroatoms. The van der Waals surface area contributed by atoms with Crippen molar-refractivity contribution in [1.29, 1.82) is 0 Å². The molecule has 1 unspecified atom stereocenters. The predicted molar refractivity (Wildman–Crippen MR) is 105 cm³/mol. The molecule has 1 aromatic carbocycles. The van der Waals surface area contributed by atoms with Crippen LogP contribution in [-0.2, 0) is 4.74 Å².